The number of nitrogens with two attached hydrogens (primary N) is 1. The molecule has 2 aliphatic heterocycles. The summed E-state index contributed by atoms with van der Waals surface area (Å²) in [5.41, 5.74) is 6.39. The van der Waals surface area contributed by atoms with Crippen molar-refractivity contribution in [1.29, 1.82) is 0 Å². The third-order valence-electron chi connectivity index (χ3n) is 7.58. The molecule has 2 heterocycles. The van der Waals surface area contributed by atoms with Crippen molar-refractivity contribution in [1.82, 2.24) is 10.2 Å². The molecule has 1 aromatic carbocycles. The molecule has 1 saturated carbocycles. The Morgan fingerprint density at radius 2 is 1.61 bits per heavy atom. The lowest BCUT2D eigenvalue weighted by molar-refractivity contribution is -0.140. The third kappa shape index (κ3) is 5.51. The van der Waals surface area contributed by atoms with Crippen molar-refractivity contribution >= 4 is 11.8 Å². The van der Waals surface area contributed by atoms with Crippen molar-refractivity contribution in [2.75, 3.05) is 0 Å². The summed E-state index contributed by atoms with van der Waals surface area (Å²) in [5, 5.41) is 12.5. The normalized spacial score (nSPS) is 30.2. The minimum atomic E-state index is -1.22. The second-order valence-corrected chi connectivity index (χ2v) is 9.89. The number of carbonyl (C=O) groups is 2. The van der Waals surface area contributed by atoms with Crippen molar-refractivity contribution in [3.05, 3.63) is 35.1 Å². The lowest BCUT2D eigenvalue weighted by Crippen LogP contribution is -2.51. The number of aliphatic hydroxyl groups excluding tert-OH is 1. The first-order valence-electron chi connectivity index (χ1n) is 11.9. The topological polar surface area (TPSA) is 95.7 Å². The van der Waals surface area contributed by atoms with Gasteiger partial charge in [0.1, 0.15) is 12.2 Å². The number of fused-ring (bicyclic) bond motifs is 2. The van der Waals surface area contributed by atoms with Crippen molar-refractivity contribution in [2.45, 2.75) is 94.5 Å². The molecule has 4 N–H and O–H groups in total. The van der Waals surface area contributed by atoms with Crippen molar-refractivity contribution in [2.24, 2.45) is 11.7 Å². The Balaban J connectivity index is 1.31. The van der Waals surface area contributed by atoms with E-state index in [4.69, 9.17) is 5.73 Å². The first kappa shape index (κ1) is 24.0. The van der Waals surface area contributed by atoms with Gasteiger partial charge in [-0.25, -0.2) is 13.2 Å². The highest BCUT2D eigenvalue weighted by Crippen LogP contribution is 2.40. The first-order chi connectivity index (χ1) is 15.7. The van der Waals surface area contributed by atoms with E-state index in [0.29, 0.717) is 44.6 Å². The maximum atomic E-state index is 14.0. The standard InChI is InChI=1S/C24H32F3N3O3/c25-19-11-21(27)20(26)9-13(19)10-22(28)14-7-16-3-4-17(8-14)30(16)24(33)12-23(32)29-15-1-5-18(31)6-2-15/h9,11,14-18,22,31H,1-8,10,12,28H2,(H,29,32). The second kappa shape index (κ2) is 10.0. The molecule has 0 aromatic heterocycles. The fourth-order valence-corrected chi connectivity index (χ4v) is 5.84. The van der Waals surface area contributed by atoms with Crippen LogP contribution in [0.2, 0.25) is 0 Å². The average Bonchev–Trinajstić information content (AvgIpc) is 3.03. The molecule has 0 spiro atoms. The summed E-state index contributed by atoms with van der Waals surface area (Å²) in [7, 11) is 0. The number of nitrogens with one attached hydrogen (secondary N) is 1. The van der Waals surface area contributed by atoms with Crippen LogP contribution >= 0.6 is 0 Å². The molecular weight excluding hydrogens is 435 g/mol. The summed E-state index contributed by atoms with van der Waals surface area (Å²) in [5.74, 6) is -3.57. The number of rotatable bonds is 6. The number of halogens is 3. The summed E-state index contributed by atoms with van der Waals surface area (Å²) in [6, 6.07) is 0.951. The molecule has 0 radical (unpaired) electrons. The molecule has 2 bridgehead atoms. The Kier molecular flexibility index (Phi) is 7.28. The molecule has 182 valence electrons. The second-order valence-electron chi connectivity index (χ2n) is 9.89. The van der Waals surface area contributed by atoms with E-state index in [9.17, 15) is 27.9 Å². The van der Waals surface area contributed by atoms with Gasteiger partial charge in [0.25, 0.3) is 0 Å². The van der Waals surface area contributed by atoms with Gasteiger partial charge in [-0.1, -0.05) is 0 Å². The molecule has 33 heavy (non-hydrogen) atoms. The Morgan fingerprint density at radius 3 is 2.24 bits per heavy atom. The van der Waals surface area contributed by atoms with Crippen LogP contribution in [-0.4, -0.2) is 52.1 Å². The number of nitrogens with zero attached hydrogens (tertiary/aromatic N) is 1. The highest BCUT2D eigenvalue weighted by molar-refractivity contribution is 5.97. The van der Waals surface area contributed by atoms with Crippen LogP contribution in [0.25, 0.3) is 0 Å². The van der Waals surface area contributed by atoms with E-state index in [-0.39, 0.29) is 60.4 Å². The molecule has 3 atom stereocenters. The van der Waals surface area contributed by atoms with Crippen LogP contribution in [0.1, 0.15) is 63.4 Å². The zero-order chi connectivity index (χ0) is 23.7. The Morgan fingerprint density at radius 1 is 1.00 bits per heavy atom. The van der Waals surface area contributed by atoms with Crippen LogP contribution in [0.5, 0.6) is 0 Å². The number of carbonyl (C=O) groups excluding carboxylic acids is 2. The van der Waals surface area contributed by atoms with Gasteiger partial charge < -0.3 is 21.1 Å². The average molecular weight is 468 g/mol. The van der Waals surface area contributed by atoms with Gasteiger partial charge in [-0.2, -0.15) is 0 Å². The number of benzene rings is 1. The van der Waals surface area contributed by atoms with Crippen molar-refractivity contribution in [3.8, 4) is 0 Å². The summed E-state index contributed by atoms with van der Waals surface area (Å²) in [6.45, 7) is 0. The van der Waals surface area contributed by atoms with Crippen molar-refractivity contribution < 1.29 is 27.9 Å². The smallest absolute Gasteiger partial charge is 0.232 e. The largest absolute Gasteiger partial charge is 0.393 e. The first-order valence-corrected chi connectivity index (χ1v) is 11.9. The minimum absolute atomic E-state index is 0.00542. The van der Waals surface area contributed by atoms with E-state index in [2.05, 4.69) is 5.32 Å². The predicted octanol–water partition coefficient (Wildman–Crippen LogP) is 2.55. The fourth-order valence-electron chi connectivity index (χ4n) is 5.84. The Bertz CT molecular complexity index is 877. The maximum absolute atomic E-state index is 14.0. The molecule has 1 aliphatic carbocycles. The molecule has 2 amide bonds. The Labute approximate surface area is 191 Å². The lowest BCUT2D eigenvalue weighted by Gasteiger charge is -2.41. The molecule has 6 nitrogen and oxygen atoms in total. The van der Waals surface area contributed by atoms with E-state index in [0.717, 1.165) is 18.9 Å². The number of amides is 2. The molecule has 1 aromatic rings. The minimum Gasteiger partial charge on any atom is -0.393 e. The molecule has 3 aliphatic rings. The van der Waals surface area contributed by atoms with E-state index < -0.39 is 23.5 Å². The highest BCUT2D eigenvalue weighted by atomic mass is 19.2. The lowest BCUT2D eigenvalue weighted by atomic mass is 9.82. The number of hydrogen-bond acceptors (Lipinski definition) is 4. The van der Waals surface area contributed by atoms with E-state index in [1.165, 1.54) is 0 Å². The number of hydrogen-bond donors (Lipinski definition) is 3. The van der Waals surface area contributed by atoms with Gasteiger partial charge in [-0.15, -0.1) is 0 Å². The van der Waals surface area contributed by atoms with Crippen LogP contribution in [-0.2, 0) is 16.0 Å². The molecule has 3 unspecified atom stereocenters. The van der Waals surface area contributed by atoms with Gasteiger partial charge in [0.05, 0.1) is 6.10 Å². The number of aliphatic hydroxyl groups is 1. The van der Waals surface area contributed by atoms with E-state index >= 15 is 0 Å². The van der Waals surface area contributed by atoms with Crippen LogP contribution in [0.15, 0.2) is 12.1 Å². The third-order valence-corrected chi connectivity index (χ3v) is 7.58. The van der Waals surface area contributed by atoms with Gasteiger partial charge in [0, 0.05) is 30.2 Å². The summed E-state index contributed by atoms with van der Waals surface area (Å²) in [4.78, 5) is 27.1. The highest BCUT2D eigenvalue weighted by Gasteiger charge is 2.44. The molecule has 9 heteroatoms. The molecular formula is C24H32F3N3O3. The number of piperidine rings is 1. The Hall–Kier alpha value is -2.13. The fraction of sp³-hybridized carbons (Fsp3) is 0.667. The van der Waals surface area contributed by atoms with Gasteiger partial charge in [0.2, 0.25) is 11.8 Å². The zero-order valence-electron chi connectivity index (χ0n) is 18.6. The van der Waals surface area contributed by atoms with Crippen LogP contribution in [0, 0.1) is 23.4 Å². The zero-order valence-corrected chi connectivity index (χ0v) is 18.6. The SMILES string of the molecule is NC(Cc1cc(F)c(F)cc1F)C1CC2CCC(C1)N2C(=O)CC(=O)NC1CCC(O)CC1. The molecule has 4 rings (SSSR count). The van der Waals surface area contributed by atoms with Crippen molar-refractivity contribution in [3.63, 3.8) is 0 Å². The summed E-state index contributed by atoms with van der Waals surface area (Å²) in [6.07, 6.45) is 5.32. The maximum Gasteiger partial charge on any atom is 0.232 e. The summed E-state index contributed by atoms with van der Waals surface area (Å²) < 4.78 is 40.8. The van der Waals surface area contributed by atoms with Crippen LogP contribution in [0.3, 0.4) is 0 Å². The van der Waals surface area contributed by atoms with Gasteiger partial charge >= 0.3 is 0 Å². The van der Waals surface area contributed by atoms with E-state index in [1.807, 2.05) is 4.90 Å². The van der Waals surface area contributed by atoms with Crippen LogP contribution in [0.4, 0.5) is 13.2 Å². The van der Waals surface area contributed by atoms with Gasteiger partial charge in [0.15, 0.2) is 11.6 Å². The van der Waals surface area contributed by atoms with Crippen LogP contribution < -0.4 is 11.1 Å². The molecule has 2 saturated heterocycles. The monoisotopic (exact) mass is 467 g/mol. The molecule has 3 fully saturated rings. The predicted molar refractivity (Wildman–Crippen MR) is 115 cm³/mol. The quantitative estimate of drug-likeness (QED) is 0.443. The van der Waals surface area contributed by atoms with E-state index in [1.54, 1.807) is 0 Å². The summed E-state index contributed by atoms with van der Waals surface area (Å²) >= 11 is 0. The van der Waals surface area contributed by atoms with Gasteiger partial charge in [-0.05, 0) is 75.3 Å². The van der Waals surface area contributed by atoms with Gasteiger partial charge in [-0.3, -0.25) is 9.59 Å².